The van der Waals surface area contributed by atoms with E-state index in [1.54, 1.807) is 0 Å². The van der Waals surface area contributed by atoms with Gasteiger partial charge in [0.15, 0.2) is 0 Å². The van der Waals surface area contributed by atoms with Gasteiger partial charge in [0.25, 0.3) is 0 Å². The molecular weight excluding hydrogens is 330 g/mol. The molecule has 1 heterocycles. The van der Waals surface area contributed by atoms with Crippen LogP contribution in [0.4, 0.5) is 5.69 Å². The van der Waals surface area contributed by atoms with Crippen LogP contribution in [0, 0.1) is 0 Å². The summed E-state index contributed by atoms with van der Waals surface area (Å²) in [5, 5.41) is 7.91. The second-order valence-corrected chi connectivity index (χ2v) is 6.02. The van der Waals surface area contributed by atoms with Gasteiger partial charge in [-0.05, 0) is 60.5 Å². The van der Waals surface area contributed by atoms with E-state index in [1.165, 1.54) is 0 Å². The van der Waals surface area contributed by atoms with Gasteiger partial charge in [-0.1, -0.05) is 6.92 Å². The average Bonchev–Trinajstić information content (AvgIpc) is 2.72. The lowest BCUT2D eigenvalue weighted by Crippen LogP contribution is -2.07. The number of hydrogen-bond acceptors (Lipinski definition) is 3. The zero-order valence-corrected chi connectivity index (χ0v) is 14.6. The van der Waals surface area contributed by atoms with Crippen LogP contribution in [0.3, 0.4) is 0 Å². The summed E-state index contributed by atoms with van der Waals surface area (Å²) in [4.78, 5) is 0. The average molecular weight is 352 g/mol. The molecule has 2 rings (SSSR count). The second-order valence-electron chi connectivity index (χ2n) is 5.23. The van der Waals surface area contributed by atoms with Crippen molar-refractivity contribution in [2.45, 2.75) is 39.8 Å². The predicted octanol–water partition coefficient (Wildman–Crippen LogP) is 4.14. The molecule has 1 aromatic carbocycles. The normalized spacial score (nSPS) is 11.0. The van der Waals surface area contributed by atoms with Crippen molar-refractivity contribution in [3.05, 3.63) is 40.1 Å². The fraction of sp³-hybridized carbons (Fsp3) is 0.438. The highest BCUT2D eigenvalue weighted by Crippen LogP contribution is 2.23. The molecule has 0 saturated heterocycles. The van der Waals surface area contributed by atoms with E-state index < -0.39 is 0 Å². The summed E-state index contributed by atoms with van der Waals surface area (Å²) in [6.07, 6.45) is 1.12. The van der Waals surface area contributed by atoms with Gasteiger partial charge in [0.1, 0.15) is 5.75 Å². The van der Waals surface area contributed by atoms with Gasteiger partial charge in [-0.15, -0.1) is 0 Å². The van der Waals surface area contributed by atoms with Gasteiger partial charge in [-0.3, -0.25) is 4.68 Å². The Morgan fingerprint density at radius 1 is 1.29 bits per heavy atom. The zero-order chi connectivity index (χ0) is 15.4. The fourth-order valence-corrected chi connectivity index (χ4v) is 2.88. The molecule has 1 N–H and O–H groups in total. The first kappa shape index (κ1) is 15.9. The Balaban J connectivity index is 2.01. The Kier molecular flexibility index (Phi) is 5.28. The number of hydrogen-bond donors (Lipinski definition) is 1. The van der Waals surface area contributed by atoms with Gasteiger partial charge in [-0.2, -0.15) is 5.10 Å². The van der Waals surface area contributed by atoms with Gasteiger partial charge < -0.3 is 10.1 Å². The summed E-state index contributed by atoms with van der Waals surface area (Å²) in [5.41, 5.74) is 3.31. The van der Waals surface area contributed by atoms with Crippen LogP contribution in [-0.2, 0) is 20.0 Å². The smallest absolute Gasteiger partial charge is 0.119 e. The minimum Gasteiger partial charge on any atom is -0.491 e. The number of nitrogens with zero attached hydrogens (tertiary/aromatic N) is 2. The lowest BCUT2D eigenvalue weighted by atomic mass is 10.2. The topological polar surface area (TPSA) is 39.1 Å². The summed E-state index contributed by atoms with van der Waals surface area (Å²) < 4.78 is 8.66. The Morgan fingerprint density at radius 2 is 1.95 bits per heavy atom. The highest BCUT2D eigenvalue weighted by molar-refractivity contribution is 9.10. The van der Waals surface area contributed by atoms with Crippen LogP contribution in [-0.4, -0.2) is 15.9 Å². The van der Waals surface area contributed by atoms with Crippen LogP contribution in [0.15, 0.2) is 28.7 Å². The molecule has 21 heavy (non-hydrogen) atoms. The molecule has 2 aromatic rings. The van der Waals surface area contributed by atoms with E-state index in [0.717, 1.165) is 40.3 Å². The van der Waals surface area contributed by atoms with Crippen LogP contribution in [0.5, 0.6) is 5.75 Å². The summed E-state index contributed by atoms with van der Waals surface area (Å²) in [7, 11) is 1.97. The first-order valence-corrected chi connectivity index (χ1v) is 8.01. The second kappa shape index (κ2) is 6.98. The highest BCUT2D eigenvalue weighted by Gasteiger charge is 2.11. The van der Waals surface area contributed by atoms with Gasteiger partial charge in [0.2, 0.25) is 0 Å². The van der Waals surface area contributed by atoms with Gasteiger partial charge in [-0.25, -0.2) is 0 Å². The number of aromatic nitrogens is 2. The predicted molar refractivity (Wildman–Crippen MR) is 89.8 cm³/mol. The number of benzene rings is 1. The van der Waals surface area contributed by atoms with Crippen LogP contribution >= 0.6 is 15.9 Å². The Labute approximate surface area is 134 Å². The molecule has 0 bridgehead atoms. The molecule has 0 saturated carbocycles. The lowest BCUT2D eigenvalue weighted by Gasteiger charge is -2.11. The van der Waals surface area contributed by atoms with E-state index in [9.17, 15) is 0 Å². The maximum atomic E-state index is 5.64. The molecule has 0 unspecified atom stereocenters. The number of anilines is 1. The third-order valence-electron chi connectivity index (χ3n) is 3.19. The summed E-state index contributed by atoms with van der Waals surface area (Å²) in [6.45, 7) is 6.89. The first-order chi connectivity index (χ1) is 10.0. The van der Waals surface area contributed by atoms with Crippen molar-refractivity contribution in [2.24, 2.45) is 7.05 Å². The minimum atomic E-state index is 0.196. The van der Waals surface area contributed by atoms with Crippen LogP contribution < -0.4 is 10.1 Å². The maximum Gasteiger partial charge on any atom is 0.119 e. The number of halogens is 1. The Bertz CT molecular complexity index is 590. The molecule has 1 aromatic heterocycles. The lowest BCUT2D eigenvalue weighted by molar-refractivity contribution is 0.242. The molecule has 114 valence electrons. The number of aryl methyl sites for hydroxylation is 2. The first-order valence-electron chi connectivity index (χ1n) is 7.22. The molecule has 4 nitrogen and oxygen atoms in total. The molecule has 0 aliphatic heterocycles. The van der Waals surface area contributed by atoms with Crippen LogP contribution in [0.1, 0.15) is 32.2 Å². The molecule has 0 amide bonds. The fourth-order valence-electron chi connectivity index (χ4n) is 2.12. The zero-order valence-electron chi connectivity index (χ0n) is 13.0. The van der Waals surface area contributed by atoms with Crippen molar-refractivity contribution >= 4 is 21.6 Å². The van der Waals surface area contributed by atoms with Crippen molar-refractivity contribution in [1.82, 2.24) is 9.78 Å². The SMILES string of the molecule is CCc1nn(C)c(CNc2ccc(OC(C)C)cc2)c1Br. The standard InChI is InChI=1S/C16H22BrN3O/c1-5-14-16(17)15(20(4)19-14)10-18-12-6-8-13(9-7-12)21-11(2)3/h6-9,11,18H,5,10H2,1-4H3. The maximum absolute atomic E-state index is 5.64. The number of rotatable bonds is 6. The molecule has 5 heteroatoms. The Morgan fingerprint density at radius 3 is 2.48 bits per heavy atom. The van der Waals surface area contributed by atoms with Crippen molar-refractivity contribution in [3.63, 3.8) is 0 Å². The van der Waals surface area contributed by atoms with E-state index in [1.807, 2.05) is 49.8 Å². The van der Waals surface area contributed by atoms with E-state index in [-0.39, 0.29) is 6.10 Å². The van der Waals surface area contributed by atoms with Crippen molar-refractivity contribution < 1.29 is 4.74 Å². The third-order valence-corrected chi connectivity index (χ3v) is 4.10. The Hall–Kier alpha value is -1.49. The number of ether oxygens (including phenoxy) is 1. The van der Waals surface area contributed by atoms with Crippen molar-refractivity contribution in [2.75, 3.05) is 5.32 Å². The molecule has 0 radical (unpaired) electrons. The molecule has 0 spiro atoms. The largest absolute Gasteiger partial charge is 0.491 e. The van der Waals surface area contributed by atoms with Crippen LogP contribution in [0.2, 0.25) is 0 Å². The summed E-state index contributed by atoms with van der Waals surface area (Å²) in [5.74, 6) is 0.894. The van der Waals surface area contributed by atoms with Crippen LogP contribution in [0.25, 0.3) is 0 Å². The van der Waals surface area contributed by atoms with Crippen molar-refractivity contribution in [3.8, 4) is 5.75 Å². The number of nitrogens with one attached hydrogen (secondary N) is 1. The van der Waals surface area contributed by atoms with Crippen molar-refractivity contribution in [1.29, 1.82) is 0 Å². The van der Waals surface area contributed by atoms with E-state index in [4.69, 9.17) is 4.74 Å². The summed E-state index contributed by atoms with van der Waals surface area (Å²) >= 11 is 3.63. The molecule has 0 aliphatic rings. The van der Waals surface area contributed by atoms with Gasteiger partial charge >= 0.3 is 0 Å². The minimum absolute atomic E-state index is 0.196. The van der Waals surface area contributed by atoms with Gasteiger partial charge in [0.05, 0.1) is 28.5 Å². The van der Waals surface area contributed by atoms with Gasteiger partial charge in [0, 0.05) is 12.7 Å². The van der Waals surface area contributed by atoms with E-state index >= 15 is 0 Å². The molecule has 0 fully saturated rings. The third kappa shape index (κ3) is 4.00. The van der Waals surface area contributed by atoms with E-state index in [2.05, 4.69) is 33.3 Å². The molecule has 0 aliphatic carbocycles. The molecule has 0 atom stereocenters. The monoisotopic (exact) mass is 351 g/mol. The van der Waals surface area contributed by atoms with E-state index in [0.29, 0.717) is 0 Å². The highest BCUT2D eigenvalue weighted by atomic mass is 79.9. The molecular formula is C16H22BrN3O. The summed E-state index contributed by atoms with van der Waals surface area (Å²) in [6, 6.07) is 8.03. The quantitative estimate of drug-likeness (QED) is 0.849.